The Balaban J connectivity index is 1.61. The lowest BCUT2D eigenvalue weighted by molar-refractivity contribution is 0.141. The highest BCUT2D eigenvalue weighted by Crippen LogP contribution is 2.56. The number of nitrogens with one attached hydrogen (secondary N) is 1. The second-order valence-corrected chi connectivity index (χ2v) is 8.88. The molecule has 0 aromatic carbocycles. The molecule has 0 amide bonds. The summed E-state index contributed by atoms with van der Waals surface area (Å²) in [6, 6.07) is 0. The molecule has 0 radical (unpaired) electrons. The second kappa shape index (κ2) is 5.57. The molecule has 126 valence electrons. The van der Waals surface area contributed by atoms with Gasteiger partial charge >= 0.3 is 10.3 Å². The number of hydrogen-bond donors (Lipinski definition) is 2. The summed E-state index contributed by atoms with van der Waals surface area (Å²) in [6.07, 6.45) is 17.5. The summed E-state index contributed by atoms with van der Waals surface area (Å²) < 4.78 is 33.6. The van der Waals surface area contributed by atoms with Gasteiger partial charge in [0.05, 0.1) is 0 Å². The number of allylic oxidation sites excluding steroid dienone is 4. The quantitative estimate of drug-likeness (QED) is 0.777. The molecule has 2 N–H and O–H groups in total. The normalized spacial score (nSPS) is 39.1. The Kier molecular flexibility index (Phi) is 3.78. The van der Waals surface area contributed by atoms with Gasteiger partial charge in [-0.15, -0.1) is 0 Å². The van der Waals surface area contributed by atoms with Gasteiger partial charge in [0, 0.05) is 12.0 Å². The van der Waals surface area contributed by atoms with Crippen molar-refractivity contribution in [2.75, 3.05) is 6.54 Å². The van der Waals surface area contributed by atoms with Gasteiger partial charge in [0.15, 0.2) is 0 Å². The van der Waals surface area contributed by atoms with E-state index in [4.69, 9.17) is 4.55 Å². The summed E-state index contributed by atoms with van der Waals surface area (Å²) in [5.41, 5.74) is 2.48. The van der Waals surface area contributed by atoms with E-state index in [1.165, 1.54) is 43.3 Å². The van der Waals surface area contributed by atoms with Crippen molar-refractivity contribution in [3.05, 3.63) is 35.5 Å². The summed E-state index contributed by atoms with van der Waals surface area (Å²) in [5.74, 6) is 2.33. The first-order chi connectivity index (χ1) is 11.0. The SMILES string of the molecule is O=S(=O)(O)NC[C@@]12C=CC=C1C1=CCC3CCCC[C@@H]3[C@H]1CC2. The van der Waals surface area contributed by atoms with E-state index in [2.05, 4.69) is 29.0 Å². The highest BCUT2D eigenvalue weighted by Gasteiger charge is 2.47. The van der Waals surface area contributed by atoms with Crippen LogP contribution in [-0.4, -0.2) is 19.5 Å². The van der Waals surface area contributed by atoms with E-state index in [0.29, 0.717) is 5.92 Å². The fourth-order valence-electron chi connectivity index (χ4n) is 5.46. The lowest BCUT2D eigenvalue weighted by atomic mass is 9.56. The average Bonchev–Trinajstić information content (AvgIpc) is 2.96. The van der Waals surface area contributed by atoms with Gasteiger partial charge in [0.1, 0.15) is 0 Å². The molecule has 2 saturated carbocycles. The minimum atomic E-state index is -4.15. The molecule has 0 aromatic heterocycles. The van der Waals surface area contributed by atoms with Crippen LogP contribution in [0.15, 0.2) is 35.5 Å². The number of fused-ring (bicyclic) bond motifs is 5. The van der Waals surface area contributed by atoms with E-state index >= 15 is 0 Å². The van der Waals surface area contributed by atoms with E-state index in [1.54, 1.807) is 0 Å². The van der Waals surface area contributed by atoms with Crippen molar-refractivity contribution in [1.29, 1.82) is 0 Å². The molecular weight excluding hydrogens is 310 g/mol. The molecule has 0 saturated heterocycles. The van der Waals surface area contributed by atoms with Gasteiger partial charge in [0.25, 0.3) is 0 Å². The van der Waals surface area contributed by atoms with Crippen LogP contribution in [0.2, 0.25) is 0 Å². The van der Waals surface area contributed by atoms with Crippen LogP contribution < -0.4 is 4.72 Å². The topological polar surface area (TPSA) is 66.4 Å². The van der Waals surface area contributed by atoms with Gasteiger partial charge in [-0.2, -0.15) is 13.1 Å². The Morgan fingerprint density at radius 2 is 2.09 bits per heavy atom. The maximum Gasteiger partial charge on any atom is 0.333 e. The Morgan fingerprint density at radius 1 is 1.26 bits per heavy atom. The molecule has 5 heteroatoms. The molecule has 2 fully saturated rings. The van der Waals surface area contributed by atoms with Crippen molar-refractivity contribution < 1.29 is 13.0 Å². The first-order valence-corrected chi connectivity index (χ1v) is 10.3. The van der Waals surface area contributed by atoms with Crippen LogP contribution in [0.25, 0.3) is 0 Å². The molecule has 0 aliphatic heterocycles. The molecule has 4 nitrogen and oxygen atoms in total. The van der Waals surface area contributed by atoms with E-state index in [1.807, 2.05) is 0 Å². The van der Waals surface area contributed by atoms with Crippen LogP contribution in [0.3, 0.4) is 0 Å². The highest BCUT2D eigenvalue weighted by atomic mass is 32.2. The van der Waals surface area contributed by atoms with E-state index < -0.39 is 10.3 Å². The first kappa shape index (κ1) is 15.6. The van der Waals surface area contributed by atoms with Crippen LogP contribution >= 0.6 is 0 Å². The molecule has 23 heavy (non-hydrogen) atoms. The molecule has 4 rings (SSSR count). The molecule has 4 aliphatic carbocycles. The van der Waals surface area contributed by atoms with Crippen LogP contribution in [0, 0.1) is 23.2 Å². The molecule has 0 aromatic rings. The molecule has 4 atom stereocenters. The monoisotopic (exact) mass is 335 g/mol. The van der Waals surface area contributed by atoms with Gasteiger partial charge < -0.3 is 0 Å². The third kappa shape index (κ3) is 2.73. The third-order valence-corrected chi connectivity index (χ3v) is 7.03. The van der Waals surface area contributed by atoms with Gasteiger partial charge in [-0.05, 0) is 61.0 Å². The fourth-order valence-corrected chi connectivity index (χ4v) is 5.90. The van der Waals surface area contributed by atoms with Crippen LogP contribution in [0.5, 0.6) is 0 Å². The second-order valence-electron chi connectivity index (χ2n) is 7.64. The standard InChI is InChI=1S/C18H25NO3S/c20-23(21,22)19-12-18-10-3-6-17(18)16-8-7-13-4-1-2-5-14(13)15(16)9-11-18/h3,6,8,10,13-15,19H,1-2,4-5,7,9,11-12H2,(H,20,21,22)/t13?,14-,15+,18-/m0/s1. The molecule has 0 spiro atoms. The number of rotatable bonds is 3. The molecular formula is C18H25NO3S. The van der Waals surface area contributed by atoms with E-state index in [0.717, 1.165) is 24.7 Å². The molecule has 0 heterocycles. The maximum atomic E-state index is 11.1. The predicted octanol–water partition coefficient (Wildman–Crippen LogP) is 3.41. The molecule has 1 unspecified atom stereocenters. The van der Waals surface area contributed by atoms with Crippen molar-refractivity contribution in [2.45, 2.75) is 44.9 Å². The third-order valence-electron chi connectivity index (χ3n) is 6.52. The van der Waals surface area contributed by atoms with Crippen LogP contribution in [0.4, 0.5) is 0 Å². The summed E-state index contributed by atoms with van der Waals surface area (Å²) in [4.78, 5) is 0. The van der Waals surface area contributed by atoms with Crippen molar-refractivity contribution in [1.82, 2.24) is 4.72 Å². The Bertz CT molecular complexity index is 691. The van der Waals surface area contributed by atoms with Crippen LogP contribution in [0.1, 0.15) is 44.9 Å². The summed E-state index contributed by atoms with van der Waals surface area (Å²) in [7, 11) is -4.15. The Labute approximate surface area is 138 Å². The van der Waals surface area contributed by atoms with E-state index in [-0.39, 0.29) is 12.0 Å². The van der Waals surface area contributed by atoms with Crippen LogP contribution in [-0.2, 0) is 10.3 Å². The fraction of sp³-hybridized carbons (Fsp3) is 0.667. The Hall–Kier alpha value is -0.910. The number of hydrogen-bond acceptors (Lipinski definition) is 2. The molecule has 0 bridgehead atoms. The van der Waals surface area contributed by atoms with Gasteiger partial charge in [-0.25, -0.2) is 0 Å². The van der Waals surface area contributed by atoms with Crippen molar-refractivity contribution in [2.24, 2.45) is 23.2 Å². The summed E-state index contributed by atoms with van der Waals surface area (Å²) >= 11 is 0. The summed E-state index contributed by atoms with van der Waals surface area (Å²) in [6.45, 7) is 0.256. The summed E-state index contributed by atoms with van der Waals surface area (Å²) in [5, 5.41) is 0. The lowest BCUT2D eigenvalue weighted by Crippen LogP contribution is -2.43. The predicted molar refractivity (Wildman–Crippen MR) is 90.1 cm³/mol. The van der Waals surface area contributed by atoms with Gasteiger partial charge in [-0.3, -0.25) is 4.55 Å². The zero-order chi connectivity index (χ0) is 16.1. The van der Waals surface area contributed by atoms with Crippen molar-refractivity contribution in [3.8, 4) is 0 Å². The van der Waals surface area contributed by atoms with Crippen molar-refractivity contribution in [3.63, 3.8) is 0 Å². The highest BCUT2D eigenvalue weighted by molar-refractivity contribution is 7.83. The van der Waals surface area contributed by atoms with Crippen molar-refractivity contribution >= 4 is 10.3 Å². The average molecular weight is 335 g/mol. The molecule has 4 aliphatic rings. The van der Waals surface area contributed by atoms with Gasteiger partial charge in [0.2, 0.25) is 0 Å². The first-order valence-electron chi connectivity index (χ1n) is 8.81. The smallest absolute Gasteiger partial charge is 0.273 e. The minimum Gasteiger partial charge on any atom is -0.273 e. The van der Waals surface area contributed by atoms with E-state index in [9.17, 15) is 8.42 Å². The lowest BCUT2D eigenvalue weighted by Gasteiger charge is -2.49. The largest absolute Gasteiger partial charge is 0.333 e. The zero-order valence-electron chi connectivity index (χ0n) is 13.4. The zero-order valence-corrected chi connectivity index (χ0v) is 14.2. The van der Waals surface area contributed by atoms with Gasteiger partial charge in [-0.1, -0.05) is 37.1 Å². The maximum absolute atomic E-state index is 11.1. The Morgan fingerprint density at radius 3 is 2.91 bits per heavy atom. The minimum absolute atomic E-state index is 0.256.